The van der Waals surface area contributed by atoms with E-state index in [-0.39, 0.29) is 18.3 Å². The van der Waals surface area contributed by atoms with Gasteiger partial charge in [-0.3, -0.25) is 0 Å². The maximum Gasteiger partial charge on any atom is 0.410 e. The minimum atomic E-state index is -0.447. The molecule has 2 rings (SSSR count). The number of hydrogen-bond donors (Lipinski definition) is 0. The minimum Gasteiger partial charge on any atom is -0.444 e. The predicted octanol–water partition coefficient (Wildman–Crippen LogP) is 1.41. The van der Waals surface area contributed by atoms with Gasteiger partial charge in [-0.25, -0.2) is 4.79 Å². The third-order valence-corrected chi connectivity index (χ3v) is 2.90. The van der Waals surface area contributed by atoms with Crippen LogP contribution in [-0.4, -0.2) is 55.1 Å². The van der Waals surface area contributed by atoms with Crippen LogP contribution in [0.2, 0.25) is 0 Å². The van der Waals surface area contributed by atoms with E-state index >= 15 is 0 Å². The normalized spacial score (nSPS) is 29.7. The van der Waals surface area contributed by atoms with E-state index < -0.39 is 5.60 Å². The maximum absolute atomic E-state index is 11.9. The first-order chi connectivity index (χ1) is 7.96. The van der Waals surface area contributed by atoms with Crippen LogP contribution in [0.3, 0.4) is 0 Å². The van der Waals surface area contributed by atoms with Crippen molar-refractivity contribution in [1.82, 2.24) is 4.90 Å². The Hall–Kier alpha value is -0.810. The van der Waals surface area contributed by atoms with Gasteiger partial charge < -0.3 is 19.1 Å². The van der Waals surface area contributed by atoms with E-state index in [4.69, 9.17) is 14.2 Å². The zero-order valence-corrected chi connectivity index (χ0v) is 10.8. The maximum atomic E-state index is 11.9. The van der Waals surface area contributed by atoms with Gasteiger partial charge in [-0.1, -0.05) is 0 Å². The van der Waals surface area contributed by atoms with Gasteiger partial charge >= 0.3 is 6.09 Å². The van der Waals surface area contributed by atoms with Crippen molar-refractivity contribution in [3.05, 3.63) is 0 Å². The second kappa shape index (κ2) is 4.82. The molecule has 98 valence electrons. The molecule has 2 aliphatic heterocycles. The largest absolute Gasteiger partial charge is 0.444 e. The van der Waals surface area contributed by atoms with Crippen LogP contribution in [0.25, 0.3) is 0 Å². The molecule has 2 saturated heterocycles. The van der Waals surface area contributed by atoms with Gasteiger partial charge in [0.25, 0.3) is 0 Å². The lowest BCUT2D eigenvalue weighted by Gasteiger charge is -2.40. The number of carbonyl (C=O) groups is 1. The quantitative estimate of drug-likeness (QED) is 0.645. The predicted molar refractivity (Wildman–Crippen MR) is 61.9 cm³/mol. The van der Waals surface area contributed by atoms with Crippen molar-refractivity contribution < 1.29 is 19.0 Å². The van der Waals surface area contributed by atoms with Crippen molar-refractivity contribution in [1.29, 1.82) is 0 Å². The average molecular weight is 243 g/mol. The van der Waals surface area contributed by atoms with Crippen molar-refractivity contribution in [2.75, 3.05) is 26.3 Å². The topological polar surface area (TPSA) is 48.0 Å². The fraction of sp³-hybridized carbons (Fsp3) is 0.917. The first-order valence-corrected chi connectivity index (χ1v) is 6.17. The van der Waals surface area contributed by atoms with Gasteiger partial charge in [-0.15, -0.1) is 0 Å². The van der Waals surface area contributed by atoms with Gasteiger partial charge in [0.2, 0.25) is 0 Å². The van der Waals surface area contributed by atoms with E-state index in [0.29, 0.717) is 26.3 Å². The number of fused-ring (bicyclic) bond motifs is 1. The second-order valence-corrected chi connectivity index (χ2v) is 5.53. The van der Waals surface area contributed by atoms with E-state index in [0.717, 1.165) is 6.42 Å². The van der Waals surface area contributed by atoms with Crippen LogP contribution < -0.4 is 0 Å². The lowest BCUT2D eigenvalue weighted by molar-refractivity contribution is -0.163. The number of carbonyl (C=O) groups excluding carboxylic acids is 1. The summed E-state index contributed by atoms with van der Waals surface area (Å²) in [5.74, 6) is 0. The summed E-state index contributed by atoms with van der Waals surface area (Å²) < 4.78 is 16.6. The number of amides is 1. The van der Waals surface area contributed by atoms with Crippen LogP contribution in [0.1, 0.15) is 27.2 Å². The number of rotatable bonds is 0. The Kier molecular flexibility index (Phi) is 3.58. The van der Waals surface area contributed by atoms with Crippen molar-refractivity contribution >= 4 is 6.09 Å². The lowest BCUT2D eigenvalue weighted by Crippen LogP contribution is -2.54. The van der Waals surface area contributed by atoms with Crippen LogP contribution >= 0.6 is 0 Å². The molecule has 5 heteroatoms. The highest BCUT2D eigenvalue weighted by Crippen LogP contribution is 2.22. The summed E-state index contributed by atoms with van der Waals surface area (Å²) >= 11 is 0. The number of nitrogens with zero attached hydrogens (tertiary/aromatic N) is 1. The fourth-order valence-electron chi connectivity index (χ4n) is 2.14. The van der Waals surface area contributed by atoms with Crippen LogP contribution in [0, 0.1) is 0 Å². The van der Waals surface area contributed by atoms with Crippen LogP contribution in [0.5, 0.6) is 0 Å². The first-order valence-electron chi connectivity index (χ1n) is 6.17. The van der Waals surface area contributed by atoms with Crippen LogP contribution in [0.4, 0.5) is 4.79 Å². The highest BCUT2D eigenvalue weighted by atomic mass is 16.6. The molecule has 0 aromatic rings. The van der Waals surface area contributed by atoms with E-state index in [1.807, 2.05) is 20.8 Å². The smallest absolute Gasteiger partial charge is 0.410 e. The molecule has 0 aromatic carbocycles. The molecular weight excluding hydrogens is 222 g/mol. The molecule has 2 atom stereocenters. The minimum absolute atomic E-state index is 0.00465. The van der Waals surface area contributed by atoms with Crippen LogP contribution in [0.15, 0.2) is 0 Å². The lowest BCUT2D eigenvalue weighted by atomic mass is 10.0. The summed E-state index contributed by atoms with van der Waals surface area (Å²) in [5, 5.41) is 0. The van der Waals surface area contributed by atoms with Gasteiger partial charge in [-0.05, 0) is 27.2 Å². The summed E-state index contributed by atoms with van der Waals surface area (Å²) in [4.78, 5) is 13.6. The second-order valence-electron chi connectivity index (χ2n) is 5.53. The van der Waals surface area contributed by atoms with E-state index in [1.165, 1.54) is 0 Å². The Morgan fingerprint density at radius 1 is 1.24 bits per heavy atom. The van der Waals surface area contributed by atoms with E-state index in [2.05, 4.69) is 0 Å². The molecule has 0 bridgehead atoms. The molecule has 5 nitrogen and oxygen atoms in total. The summed E-state index contributed by atoms with van der Waals surface area (Å²) in [5.41, 5.74) is -0.447. The monoisotopic (exact) mass is 243 g/mol. The molecule has 0 aliphatic carbocycles. The Morgan fingerprint density at radius 2 is 1.88 bits per heavy atom. The number of ether oxygens (including phenoxy) is 3. The number of piperidine rings is 1. The summed E-state index contributed by atoms with van der Waals surface area (Å²) in [6.07, 6.45) is 0.710. The van der Waals surface area contributed by atoms with E-state index in [1.54, 1.807) is 4.90 Å². The van der Waals surface area contributed by atoms with Crippen molar-refractivity contribution in [3.8, 4) is 0 Å². The Morgan fingerprint density at radius 3 is 2.53 bits per heavy atom. The third kappa shape index (κ3) is 3.33. The van der Waals surface area contributed by atoms with Crippen molar-refractivity contribution in [2.45, 2.75) is 45.0 Å². The van der Waals surface area contributed by atoms with Gasteiger partial charge in [0.15, 0.2) is 0 Å². The molecule has 17 heavy (non-hydrogen) atoms. The van der Waals surface area contributed by atoms with Gasteiger partial charge in [0.1, 0.15) is 11.7 Å². The van der Waals surface area contributed by atoms with E-state index in [9.17, 15) is 4.79 Å². The molecule has 0 spiro atoms. The standard InChI is InChI=1S/C12H21NO4/c1-12(2,3)17-11(14)13-5-4-9-10(8-13)16-7-6-15-9/h9-10H,4-8H2,1-3H3/t9-,10-/m1/s1. The molecule has 0 saturated carbocycles. The zero-order chi connectivity index (χ0) is 12.5. The molecule has 2 aliphatic rings. The van der Waals surface area contributed by atoms with Gasteiger partial charge in [-0.2, -0.15) is 0 Å². The summed E-state index contributed by atoms with van der Waals surface area (Å²) in [6.45, 7) is 8.14. The molecular formula is C12H21NO4. The summed E-state index contributed by atoms with van der Waals surface area (Å²) in [6, 6.07) is 0. The van der Waals surface area contributed by atoms with Gasteiger partial charge in [0, 0.05) is 6.54 Å². The fourth-order valence-corrected chi connectivity index (χ4v) is 2.14. The number of likely N-dealkylation sites (tertiary alicyclic amines) is 1. The summed E-state index contributed by atoms with van der Waals surface area (Å²) in [7, 11) is 0. The van der Waals surface area contributed by atoms with Crippen molar-refractivity contribution in [3.63, 3.8) is 0 Å². The Labute approximate surface area is 102 Å². The highest BCUT2D eigenvalue weighted by Gasteiger charge is 2.36. The van der Waals surface area contributed by atoms with Crippen LogP contribution in [-0.2, 0) is 14.2 Å². The molecule has 1 amide bonds. The average Bonchev–Trinajstić information content (AvgIpc) is 2.26. The third-order valence-electron chi connectivity index (χ3n) is 2.90. The Balaban J connectivity index is 1.89. The zero-order valence-electron chi connectivity index (χ0n) is 10.8. The Bertz CT molecular complexity index is 287. The molecule has 0 unspecified atom stereocenters. The molecule has 2 fully saturated rings. The highest BCUT2D eigenvalue weighted by molar-refractivity contribution is 5.68. The first kappa shape index (κ1) is 12.6. The SMILES string of the molecule is CC(C)(C)OC(=O)N1CC[C@H]2OCCO[C@@H]2C1. The molecule has 0 N–H and O–H groups in total. The molecule has 2 heterocycles. The molecule has 0 aromatic heterocycles. The van der Waals surface area contributed by atoms with Gasteiger partial charge in [0.05, 0.1) is 25.9 Å². The number of hydrogen-bond acceptors (Lipinski definition) is 4. The molecule has 0 radical (unpaired) electrons. The van der Waals surface area contributed by atoms with Crippen molar-refractivity contribution in [2.24, 2.45) is 0 Å².